The van der Waals surface area contributed by atoms with E-state index in [2.05, 4.69) is 11.9 Å². The summed E-state index contributed by atoms with van der Waals surface area (Å²) in [5.41, 5.74) is 0. The van der Waals surface area contributed by atoms with E-state index in [1.54, 1.807) is 0 Å². The Hall–Kier alpha value is 0.690. The first-order valence-electron chi connectivity index (χ1n) is 3.07. The third-order valence-corrected chi connectivity index (χ3v) is 3.50. The Morgan fingerprint density at radius 1 is 1.38 bits per heavy atom. The van der Waals surface area contributed by atoms with Crippen molar-refractivity contribution in [2.75, 3.05) is 9.36 Å². The molecule has 0 unspecified atom stereocenters. The fraction of sp³-hybridized carbons (Fsp3) is 1.00. The Balaban J connectivity index is 2.72. The molecule has 2 N–H and O–H groups in total. The van der Waals surface area contributed by atoms with Crippen LogP contribution in [0.15, 0.2) is 0 Å². The second kappa shape index (κ2) is 5.82. The van der Waals surface area contributed by atoms with Crippen molar-refractivity contribution in [3.8, 4) is 0 Å². The van der Waals surface area contributed by atoms with Gasteiger partial charge in [0.05, 0.1) is 0 Å². The molecule has 52 valence electrons. The van der Waals surface area contributed by atoms with E-state index in [1.807, 2.05) is 0 Å². The van der Waals surface area contributed by atoms with Gasteiger partial charge in [-0.2, -0.15) is 0 Å². The molecule has 0 amide bonds. The molecular formula is C6H16IN. The quantitative estimate of drug-likeness (QED) is 0.340. The van der Waals surface area contributed by atoms with Gasteiger partial charge in [-0.25, -0.2) is 0 Å². The van der Waals surface area contributed by atoms with Crippen molar-refractivity contribution in [2.24, 2.45) is 3.95 Å². The zero-order valence-corrected chi connectivity index (χ0v) is 7.94. The fourth-order valence-electron chi connectivity index (χ4n) is 0.555. The molecule has 0 heterocycles. The first kappa shape index (κ1) is 8.69. The van der Waals surface area contributed by atoms with Gasteiger partial charge in [-0.1, -0.05) is 0 Å². The van der Waals surface area contributed by atoms with Crippen molar-refractivity contribution in [3.05, 3.63) is 0 Å². The summed E-state index contributed by atoms with van der Waals surface area (Å²) < 4.78 is 7.03. The van der Waals surface area contributed by atoms with E-state index in [-0.39, 0.29) is 0 Å². The van der Waals surface area contributed by atoms with Gasteiger partial charge >= 0.3 is 59.6 Å². The molecule has 0 aliphatic carbocycles. The summed E-state index contributed by atoms with van der Waals surface area (Å²) in [6.45, 7) is 2.23. The molecule has 0 saturated heterocycles. The fourth-order valence-corrected chi connectivity index (χ4v) is 2.30. The van der Waals surface area contributed by atoms with Crippen molar-refractivity contribution in [2.45, 2.75) is 26.2 Å². The average Bonchev–Trinajstić information content (AvgIpc) is 1.66. The van der Waals surface area contributed by atoms with E-state index in [9.17, 15) is 0 Å². The van der Waals surface area contributed by atoms with Crippen LogP contribution in [-0.2, 0) is 0 Å². The number of rotatable bonds is 4. The molecular weight excluding hydrogens is 213 g/mol. The van der Waals surface area contributed by atoms with Crippen LogP contribution < -0.4 is 3.95 Å². The minimum absolute atomic E-state index is 0.844. The van der Waals surface area contributed by atoms with E-state index in [4.69, 9.17) is 3.95 Å². The molecule has 0 bridgehead atoms. The Labute approximate surface area is 59.8 Å². The Morgan fingerprint density at radius 2 is 2.00 bits per heavy atom. The molecule has 8 heavy (non-hydrogen) atoms. The molecule has 0 aliphatic heterocycles. The molecule has 2 heteroatoms. The third-order valence-electron chi connectivity index (χ3n) is 1.04. The molecule has 0 radical (unpaired) electrons. The van der Waals surface area contributed by atoms with Gasteiger partial charge in [0.2, 0.25) is 0 Å². The number of hydrogen-bond acceptors (Lipinski definition) is 1. The molecule has 0 aliphatic rings. The van der Waals surface area contributed by atoms with Crippen LogP contribution in [0.2, 0.25) is 0 Å². The summed E-state index contributed by atoms with van der Waals surface area (Å²) in [7, 11) is 0. The molecule has 0 fully saturated rings. The van der Waals surface area contributed by atoms with Gasteiger partial charge in [-0.15, -0.1) is 0 Å². The maximum absolute atomic E-state index is 5.69. The van der Waals surface area contributed by atoms with Gasteiger partial charge < -0.3 is 0 Å². The number of hydrogen-bond donors (Lipinski definition) is 1. The SMILES string of the molecule is CCCCCI(C)N. The van der Waals surface area contributed by atoms with Crippen molar-refractivity contribution in [1.29, 1.82) is 0 Å². The first-order valence-corrected chi connectivity index (χ1v) is 8.00. The van der Waals surface area contributed by atoms with Crippen LogP contribution in [0.5, 0.6) is 0 Å². The van der Waals surface area contributed by atoms with Crippen molar-refractivity contribution < 1.29 is 0 Å². The summed E-state index contributed by atoms with van der Waals surface area (Å²) in [5.74, 6) is 0. The zero-order chi connectivity index (χ0) is 6.41. The van der Waals surface area contributed by atoms with Crippen LogP contribution in [0, 0.1) is 0 Å². The molecule has 0 rings (SSSR count). The third kappa shape index (κ3) is 6.69. The average molecular weight is 229 g/mol. The van der Waals surface area contributed by atoms with Crippen molar-refractivity contribution in [3.63, 3.8) is 0 Å². The molecule has 0 spiro atoms. The van der Waals surface area contributed by atoms with E-state index >= 15 is 0 Å². The predicted molar refractivity (Wildman–Crippen MR) is 48.5 cm³/mol. The summed E-state index contributed by atoms with van der Waals surface area (Å²) in [4.78, 5) is 2.22. The predicted octanol–water partition coefficient (Wildman–Crippen LogP) is 2.19. The topological polar surface area (TPSA) is 26.0 Å². The second-order valence-electron chi connectivity index (χ2n) is 2.04. The van der Waals surface area contributed by atoms with Gasteiger partial charge in [0.1, 0.15) is 0 Å². The summed E-state index contributed by atoms with van der Waals surface area (Å²) in [5, 5.41) is 0. The zero-order valence-electron chi connectivity index (χ0n) is 5.78. The molecule has 0 atom stereocenters. The van der Waals surface area contributed by atoms with Gasteiger partial charge in [0.25, 0.3) is 0 Å². The molecule has 1 nitrogen and oxygen atoms in total. The van der Waals surface area contributed by atoms with Crippen LogP contribution in [0.4, 0.5) is 0 Å². The standard InChI is InChI=1S/C6H16IN/c1-3-4-5-6-7(2)8/h3-6,8H2,1-2H3. The van der Waals surface area contributed by atoms with Crippen LogP contribution in [0.25, 0.3) is 0 Å². The van der Waals surface area contributed by atoms with Crippen LogP contribution >= 0.6 is 20.1 Å². The van der Waals surface area contributed by atoms with Crippen LogP contribution in [0.1, 0.15) is 26.2 Å². The van der Waals surface area contributed by atoms with Crippen molar-refractivity contribution >= 4 is 20.1 Å². The normalized spacial score (nSPS) is 11.6. The Kier molecular flexibility index (Phi) is 6.32. The monoisotopic (exact) mass is 229 g/mol. The molecule has 0 saturated carbocycles. The minimum atomic E-state index is -0.844. The number of nitrogens with two attached hydrogens (primary N) is 1. The Morgan fingerprint density at radius 3 is 2.38 bits per heavy atom. The first-order chi connectivity index (χ1) is 3.77. The van der Waals surface area contributed by atoms with E-state index in [0.29, 0.717) is 0 Å². The van der Waals surface area contributed by atoms with Gasteiger partial charge in [0.15, 0.2) is 0 Å². The van der Waals surface area contributed by atoms with Gasteiger partial charge in [0, 0.05) is 0 Å². The molecule has 0 aromatic rings. The summed E-state index contributed by atoms with van der Waals surface area (Å²) in [6.07, 6.45) is 4.07. The number of unbranched alkanes of at least 4 members (excludes halogenated alkanes) is 2. The summed E-state index contributed by atoms with van der Waals surface area (Å²) >= 11 is -0.844. The summed E-state index contributed by atoms with van der Waals surface area (Å²) in [6, 6.07) is 0. The van der Waals surface area contributed by atoms with E-state index in [0.717, 1.165) is 0 Å². The molecule has 0 aromatic carbocycles. The molecule has 0 aromatic heterocycles. The van der Waals surface area contributed by atoms with E-state index in [1.165, 1.54) is 23.7 Å². The van der Waals surface area contributed by atoms with Crippen molar-refractivity contribution in [1.82, 2.24) is 0 Å². The number of halogens is 1. The van der Waals surface area contributed by atoms with Crippen LogP contribution in [-0.4, -0.2) is 9.36 Å². The maximum atomic E-state index is 5.69. The van der Waals surface area contributed by atoms with Crippen LogP contribution in [0.3, 0.4) is 0 Å². The van der Waals surface area contributed by atoms with Gasteiger partial charge in [-0.3, -0.25) is 0 Å². The second-order valence-corrected chi connectivity index (χ2v) is 6.77. The number of alkyl halides is 2. The van der Waals surface area contributed by atoms with Gasteiger partial charge in [-0.05, 0) is 0 Å². The van der Waals surface area contributed by atoms with E-state index < -0.39 is 20.1 Å². The Bertz CT molecular complexity index is 45.8.